The van der Waals surface area contributed by atoms with Crippen LogP contribution in [0.1, 0.15) is 26.3 Å². The minimum absolute atomic E-state index is 0.00115. The van der Waals surface area contributed by atoms with Gasteiger partial charge < -0.3 is 5.32 Å². The largest absolute Gasteiger partial charge is 0.324 e. The van der Waals surface area contributed by atoms with Crippen molar-refractivity contribution in [3.8, 4) is 5.69 Å². The van der Waals surface area contributed by atoms with E-state index in [1.807, 2.05) is 18.2 Å². The lowest BCUT2D eigenvalue weighted by atomic mass is 9.87. The molecule has 2 N–H and O–H groups in total. The number of aromatic nitrogens is 4. The van der Waals surface area contributed by atoms with Crippen LogP contribution in [0.25, 0.3) is 5.69 Å². The van der Waals surface area contributed by atoms with Crippen LogP contribution in [-0.4, -0.2) is 40.3 Å². The van der Waals surface area contributed by atoms with Crippen LogP contribution in [0.15, 0.2) is 63.3 Å². The first kappa shape index (κ1) is 27.4. The fraction of sp³-hybridized carbons (Fsp3) is 0.217. The van der Waals surface area contributed by atoms with E-state index in [-0.39, 0.29) is 32.0 Å². The maximum Gasteiger partial charge on any atom is 0.271 e. The number of amides is 1. The quantitative estimate of drug-likeness (QED) is 0.244. The molecular formula is C23H22Cl2N6O3S3. The molecule has 0 atom stereocenters. The van der Waals surface area contributed by atoms with Crippen LogP contribution in [0.4, 0.5) is 11.4 Å². The highest BCUT2D eigenvalue weighted by Crippen LogP contribution is 2.31. The number of carbonyl (C=O) groups excluding carboxylic acids is 1. The Balaban J connectivity index is 1.40. The molecule has 9 nitrogen and oxygen atoms in total. The Morgan fingerprint density at radius 3 is 2.54 bits per heavy atom. The van der Waals surface area contributed by atoms with E-state index in [9.17, 15) is 13.2 Å². The van der Waals surface area contributed by atoms with E-state index in [2.05, 4.69) is 46.3 Å². The minimum Gasteiger partial charge on any atom is -0.324 e. The summed E-state index contributed by atoms with van der Waals surface area (Å²) >= 11 is 15.0. The predicted molar refractivity (Wildman–Crippen MR) is 149 cm³/mol. The fourth-order valence-corrected chi connectivity index (χ4v) is 6.40. The first-order valence-electron chi connectivity index (χ1n) is 10.8. The molecule has 14 heteroatoms. The SMILES string of the molecule is CC(C)(C)c1ccc(-n2nnnc2SCC(=O)Nc2ccc(NS(=O)(=O)c3cccs3)cc2Cl)c(Cl)c1. The molecule has 4 rings (SSSR count). The van der Waals surface area contributed by atoms with E-state index in [1.54, 1.807) is 11.4 Å². The second-order valence-electron chi connectivity index (χ2n) is 8.86. The third-order valence-corrected chi connectivity index (χ3v) is 9.38. The maximum atomic E-state index is 12.6. The van der Waals surface area contributed by atoms with E-state index in [1.165, 1.54) is 28.9 Å². The van der Waals surface area contributed by atoms with Crippen molar-refractivity contribution in [2.24, 2.45) is 0 Å². The van der Waals surface area contributed by atoms with Gasteiger partial charge in [-0.25, -0.2) is 8.42 Å². The summed E-state index contributed by atoms with van der Waals surface area (Å²) in [5, 5.41) is 17.2. The van der Waals surface area contributed by atoms with Crippen LogP contribution in [0.3, 0.4) is 0 Å². The summed E-state index contributed by atoms with van der Waals surface area (Å²) in [6.07, 6.45) is 0. The number of sulfonamides is 1. The zero-order valence-electron chi connectivity index (χ0n) is 19.9. The lowest BCUT2D eigenvalue weighted by Crippen LogP contribution is -2.15. The molecule has 4 aromatic rings. The second-order valence-corrected chi connectivity index (χ2v) is 13.5. The Labute approximate surface area is 232 Å². The van der Waals surface area contributed by atoms with E-state index >= 15 is 0 Å². The molecule has 0 aliphatic heterocycles. The molecule has 0 fully saturated rings. The van der Waals surface area contributed by atoms with Crippen molar-refractivity contribution >= 4 is 73.6 Å². The molecule has 0 saturated carbocycles. The number of hydrogen-bond acceptors (Lipinski definition) is 8. The van der Waals surface area contributed by atoms with E-state index in [0.717, 1.165) is 28.7 Å². The van der Waals surface area contributed by atoms with Gasteiger partial charge in [-0.3, -0.25) is 9.52 Å². The number of rotatable bonds is 8. The molecule has 2 aromatic heterocycles. The number of carbonyl (C=O) groups is 1. The Morgan fingerprint density at radius 2 is 1.89 bits per heavy atom. The number of anilines is 2. The number of nitrogens with zero attached hydrogens (tertiary/aromatic N) is 4. The summed E-state index contributed by atoms with van der Waals surface area (Å²) in [6, 6.07) is 13.3. The van der Waals surface area contributed by atoms with Gasteiger partial charge in [0, 0.05) is 0 Å². The normalized spacial score (nSPS) is 11.9. The van der Waals surface area contributed by atoms with Gasteiger partial charge in [-0.05, 0) is 63.2 Å². The second kappa shape index (κ2) is 11.0. The first-order valence-corrected chi connectivity index (χ1v) is 14.9. The highest BCUT2D eigenvalue weighted by Gasteiger charge is 2.19. The van der Waals surface area contributed by atoms with Gasteiger partial charge in [0.05, 0.1) is 32.9 Å². The Bertz CT molecular complexity index is 1530. The number of benzene rings is 2. The van der Waals surface area contributed by atoms with E-state index in [4.69, 9.17) is 23.2 Å². The molecule has 0 radical (unpaired) electrons. The van der Waals surface area contributed by atoms with E-state index < -0.39 is 10.0 Å². The van der Waals surface area contributed by atoms with E-state index in [0.29, 0.717) is 21.6 Å². The van der Waals surface area contributed by atoms with Crippen molar-refractivity contribution in [1.29, 1.82) is 0 Å². The van der Waals surface area contributed by atoms with Crippen LogP contribution >= 0.6 is 46.3 Å². The van der Waals surface area contributed by atoms with Crippen molar-refractivity contribution in [3.05, 3.63) is 69.5 Å². The van der Waals surface area contributed by atoms with Crippen LogP contribution < -0.4 is 10.0 Å². The maximum absolute atomic E-state index is 12.6. The lowest BCUT2D eigenvalue weighted by Gasteiger charge is -2.20. The summed E-state index contributed by atoms with van der Waals surface area (Å²) in [7, 11) is -3.71. The molecule has 37 heavy (non-hydrogen) atoms. The average molecular weight is 598 g/mol. The minimum atomic E-state index is -3.71. The summed E-state index contributed by atoms with van der Waals surface area (Å²) in [5.74, 6) is -0.344. The van der Waals surface area contributed by atoms with Crippen molar-refractivity contribution < 1.29 is 13.2 Å². The van der Waals surface area contributed by atoms with Gasteiger partial charge in [0.1, 0.15) is 4.21 Å². The predicted octanol–water partition coefficient (Wildman–Crippen LogP) is 5.86. The summed E-state index contributed by atoms with van der Waals surface area (Å²) < 4.78 is 28.9. The Kier molecular flexibility index (Phi) is 8.14. The number of tetrazole rings is 1. The molecule has 0 bridgehead atoms. The Hall–Kier alpha value is -2.64. The molecule has 0 aliphatic rings. The first-order chi connectivity index (χ1) is 17.4. The number of thioether (sulfide) groups is 1. The lowest BCUT2D eigenvalue weighted by molar-refractivity contribution is -0.113. The summed E-state index contributed by atoms with van der Waals surface area (Å²) in [4.78, 5) is 12.6. The zero-order chi connectivity index (χ0) is 26.8. The fourth-order valence-electron chi connectivity index (χ4n) is 3.18. The van der Waals surface area contributed by atoms with Crippen LogP contribution in [0.5, 0.6) is 0 Å². The van der Waals surface area contributed by atoms with Gasteiger partial charge >= 0.3 is 0 Å². The van der Waals surface area contributed by atoms with Gasteiger partial charge in [-0.15, -0.1) is 16.4 Å². The van der Waals surface area contributed by atoms with Gasteiger partial charge in [-0.1, -0.05) is 67.9 Å². The molecule has 2 aromatic carbocycles. The third kappa shape index (κ3) is 6.63. The Morgan fingerprint density at radius 1 is 1.11 bits per heavy atom. The number of nitrogens with one attached hydrogen (secondary N) is 2. The molecule has 0 spiro atoms. The molecule has 0 saturated heterocycles. The standard InChI is InChI=1S/C23H22Cl2N6O3S3/c1-23(2,3)14-6-9-19(17(25)11-14)31-22(27-29-30-31)36-13-20(32)26-18-8-7-15(12-16(18)24)28-37(33,34)21-5-4-10-35-21/h4-12,28H,13H2,1-3H3,(H,26,32). The summed E-state index contributed by atoms with van der Waals surface area (Å²) in [6.45, 7) is 6.29. The third-order valence-electron chi connectivity index (χ3n) is 5.07. The van der Waals surface area contributed by atoms with Crippen LogP contribution in [0, 0.1) is 0 Å². The number of halogens is 2. The van der Waals surface area contributed by atoms with Crippen molar-refractivity contribution in [2.45, 2.75) is 35.6 Å². The van der Waals surface area contributed by atoms with Crippen LogP contribution in [0.2, 0.25) is 10.0 Å². The molecule has 194 valence electrons. The van der Waals surface area contributed by atoms with Crippen molar-refractivity contribution in [1.82, 2.24) is 20.2 Å². The van der Waals surface area contributed by atoms with Gasteiger partial charge in [0.15, 0.2) is 0 Å². The monoisotopic (exact) mass is 596 g/mol. The van der Waals surface area contributed by atoms with Gasteiger partial charge in [0.2, 0.25) is 11.1 Å². The highest BCUT2D eigenvalue weighted by molar-refractivity contribution is 7.99. The smallest absolute Gasteiger partial charge is 0.271 e. The van der Waals surface area contributed by atoms with Crippen molar-refractivity contribution in [2.75, 3.05) is 15.8 Å². The van der Waals surface area contributed by atoms with Gasteiger partial charge in [-0.2, -0.15) is 4.68 Å². The highest BCUT2D eigenvalue weighted by atomic mass is 35.5. The average Bonchev–Trinajstić information content (AvgIpc) is 3.51. The molecule has 2 heterocycles. The molecule has 1 amide bonds. The van der Waals surface area contributed by atoms with Crippen LogP contribution in [-0.2, 0) is 20.2 Å². The topological polar surface area (TPSA) is 119 Å². The molecule has 0 unspecified atom stereocenters. The van der Waals surface area contributed by atoms with Crippen molar-refractivity contribution in [3.63, 3.8) is 0 Å². The summed E-state index contributed by atoms with van der Waals surface area (Å²) in [5.41, 5.74) is 2.23. The molecule has 0 aliphatic carbocycles. The molecular weight excluding hydrogens is 575 g/mol. The zero-order valence-corrected chi connectivity index (χ0v) is 23.9. The number of hydrogen-bond donors (Lipinski definition) is 2. The number of thiophene rings is 1. The van der Waals surface area contributed by atoms with Gasteiger partial charge in [0.25, 0.3) is 10.0 Å².